The highest BCUT2D eigenvalue weighted by Gasteiger charge is 2.21. The number of primary amides is 1. The van der Waals surface area contributed by atoms with Gasteiger partial charge in [0.15, 0.2) is 5.96 Å². The number of amides is 2. The van der Waals surface area contributed by atoms with Crippen molar-refractivity contribution in [2.24, 2.45) is 10.7 Å². The molecular weight excluding hydrogens is 473 g/mol. The molecule has 1 atom stereocenters. The number of urea groups is 1. The van der Waals surface area contributed by atoms with Crippen molar-refractivity contribution >= 4 is 36.0 Å². The Morgan fingerprint density at radius 2 is 2.04 bits per heavy atom. The van der Waals surface area contributed by atoms with Gasteiger partial charge in [0.2, 0.25) is 0 Å². The van der Waals surface area contributed by atoms with Gasteiger partial charge in [-0.15, -0.1) is 24.0 Å². The van der Waals surface area contributed by atoms with Crippen LogP contribution in [0.25, 0.3) is 0 Å². The van der Waals surface area contributed by atoms with Crippen molar-refractivity contribution in [1.29, 1.82) is 0 Å². The van der Waals surface area contributed by atoms with Crippen LogP contribution < -0.4 is 25.8 Å². The van der Waals surface area contributed by atoms with Crippen LogP contribution in [0.4, 0.5) is 4.79 Å². The summed E-state index contributed by atoms with van der Waals surface area (Å²) in [4.78, 5) is 17.5. The molecule has 2 amide bonds. The lowest BCUT2D eigenvalue weighted by atomic mass is 10.1. The zero-order chi connectivity index (χ0) is 19.6. The van der Waals surface area contributed by atoms with E-state index in [0.29, 0.717) is 19.6 Å². The normalized spacial score (nSPS) is 16.0. The summed E-state index contributed by atoms with van der Waals surface area (Å²) in [5.74, 6) is 2.28. The highest BCUT2D eigenvalue weighted by atomic mass is 127. The van der Waals surface area contributed by atoms with Crippen molar-refractivity contribution in [1.82, 2.24) is 15.5 Å². The number of methoxy groups -OCH3 is 1. The summed E-state index contributed by atoms with van der Waals surface area (Å²) in [6.45, 7) is 6.65. The van der Waals surface area contributed by atoms with Crippen LogP contribution in [0.5, 0.6) is 11.5 Å². The van der Waals surface area contributed by atoms with E-state index in [1.54, 1.807) is 12.0 Å². The second-order valence-corrected chi connectivity index (χ2v) is 6.57. The lowest BCUT2D eigenvalue weighted by Gasteiger charge is -2.32. The molecule has 1 fully saturated rings. The van der Waals surface area contributed by atoms with Gasteiger partial charge in [-0.25, -0.2) is 9.79 Å². The molecule has 0 bridgehead atoms. The van der Waals surface area contributed by atoms with E-state index in [1.165, 1.54) is 0 Å². The van der Waals surface area contributed by atoms with Crippen molar-refractivity contribution in [3.05, 3.63) is 24.3 Å². The third-order valence-corrected chi connectivity index (χ3v) is 4.38. The first-order chi connectivity index (χ1) is 13.0. The zero-order valence-corrected chi connectivity index (χ0v) is 19.1. The number of rotatable bonds is 7. The predicted octanol–water partition coefficient (Wildman–Crippen LogP) is 2.18. The van der Waals surface area contributed by atoms with E-state index < -0.39 is 0 Å². The number of piperidine rings is 1. The quantitative estimate of drug-likeness (QED) is 0.300. The van der Waals surface area contributed by atoms with Crippen molar-refractivity contribution in [2.45, 2.75) is 38.8 Å². The Balaban J connectivity index is 0.00000392. The summed E-state index contributed by atoms with van der Waals surface area (Å²) >= 11 is 0. The molecule has 2 rings (SSSR count). The van der Waals surface area contributed by atoms with Gasteiger partial charge in [0, 0.05) is 31.7 Å². The number of hydrogen-bond acceptors (Lipinski definition) is 4. The third-order valence-electron chi connectivity index (χ3n) is 4.38. The summed E-state index contributed by atoms with van der Waals surface area (Å²) in [5, 5.41) is 6.70. The molecule has 0 spiro atoms. The Hall–Kier alpha value is -1.91. The fraction of sp³-hybridized carbons (Fsp3) is 0.579. The van der Waals surface area contributed by atoms with Crippen LogP contribution in [-0.2, 0) is 0 Å². The first kappa shape index (κ1) is 24.1. The molecule has 9 heteroatoms. The minimum absolute atomic E-state index is 0. The molecule has 0 aliphatic carbocycles. The summed E-state index contributed by atoms with van der Waals surface area (Å²) < 4.78 is 11.1. The zero-order valence-electron chi connectivity index (χ0n) is 16.8. The van der Waals surface area contributed by atoms with Gasteiger partial charge in [-0.2, -0.15) is 0 Å². The summed E-state index contributed by atoms with van der Waals surface area (Å²) in [6.07, 6.45) is 1.62. The number of carbonyl (C=O) groups is 1. The second-order valence-electron chi connectivity index (χ2n) is 6.57. The predicted molar refractivity (Wildman–Crippen MR) is 122 cm³/mol. The molecule has 158 valence electrons. The lowest BCUT2D eigenvalue weighted by molar-refractivity contribution is 0.188. The molecule has 0 radical (unpaired) electrons. The first-order valence-corrected chi connectivity index (χ1v) is 9.41. The fourth-order valence-electron chi connectivity index (χ4n) is 2.92. The second kappa shape index (κ2) is 12.5. The Labute approximate surface area is 184 Å². The molecule has 28 heavy (non-hydrogen) atoms. The number of guanidine groups is 1. The Morgan fingerprint density at radius 1 is 1.36 bits per heavy atom. The monoisotopic (exact) mass is 505 g/mol. The number of benzene rings is 1. The van der Waals surface area contributed by atoms with Gasteiger partial charge < -0.3 is 30.7 Å². The number of likely N-dealkylation sites (tertiary alicyclic amines) is 1. The molecule has 1 aromatic rings. The van der Waals surface area contributed by atoms with Gasteiger partial charge >= 0.3 is 6.03 Å². The number of hydrogen-bond donors (Lipinski definition) is 3. The van der Waals surface area contributed by atoms with Gasteiger partial charge in [-0.05, 0) is 38.8 Å². The first-order valence-electron chi connectivity index (χ1n) is 9.41. The summed E-state index contributed by atoms with van der Waals surface area (Å²) in [6, 6.07) is 7.46. The van der Waals surface area contributed by atoms with E-state index >= 15 is 0 Å². The third kappa shape index (κ3) is 7.99. The summed E-state index contributed by atoms with van der Waals surface area (Å²) in [7, 11) is 1.63. The van der Waals surface area contributed by atoms with E-state index in [1.807, 2.05) is 38.1 Å². The van der Waals surface area contributed by atoms with Crippen molar-refractivity contribution in [3.8, 4) is 11.5 Å². The van der Waals surface area contributed by atoms with Gasteiger partial charge in [-0.1, -0.05) is 6.07 Å². The number of nitrogens with zero attached hydrogens (tertiary/aromatic N) is 2. The van der Waals surface area contributed by atoms with Crippen LogP contribution in [0.3, 0.4) is 0 Å². The maximum absolute atomic E-state index is 11.2. The molecular formula is C19H32IN5O3. The topological polar surface area (TPSA) is 101 Å². The molecule has 0 saturated carbocycles. The molecule has 1 unspecified atom stereocenters. The number of aliphatic imine (C=N–C) groups is 1. The molecule has 1 heterocycles. The van der Waals surface area contributed by atoms with Crippen molar-refractivity contribution in [3.63, 3.8) is 0 Å². The molecule has 0 aromatic heterocycles. The van der Waals surface area contributed by atoms with Crippen molar-refractivity contribution < 1.29 is 14.3 Å². The smallest absolute Gasteiger partial charge is 0.314 e. The average molecular weight is 505 g/mol. The maximum atomic E-state index is 11.2. The number of nitrogens with two attached hydrogens (primary N) is 1. The Bertz CT molecular complexity index is 636. The van der Waals surface area contributed by atoms with E-state index in [4.69, 9.17) is 15.2 Å². The molecule has 4 N–H and O–H groups in total. The highest BCUT2D eigenvalue weighted by molar-refractivity contribution is 14.0. The van der Waals surface area contributed by atoms with Gasteiger partial charge in [0.25, 0.3) is 0 Å². The fourth-order valence-corrected chi connectivity index (χ4v) is 2.92. The van der Waals surface area contributed by atoms with Gasteiger partial charge in [0.1, 0.15) is 17.6 Å². The van der Waals surface area contributed by atoms with Crippen LogP contribution in [0, 0.1) is 0 Å². The lowest BCUT2D eigenvalue weighted by Crippen LogP contribution is -2.50. The summed E-state index contributed by atoms with van der Waals surface area (Å²) in [5.41, 5.74) is 5.33. The van der Waals surface area contributed by atoms with Gasteiger partial charge in [-0.3, -0.25) is 0 Å². The SMILES string of the molecule is CCNC(=NCC(C)Oc1cccc(OC)c1)NC1CCN(C(N)=O)CC1.I. The molecule has 1 aromatic carbocycles. The largest absolute Gasteiger partial charge is 0.497 e. The van der Waals surface area contributed by atoms with E-state index in [-0.39, 0.29) is 42.2 Å². The highest BCUT2D eigenvalue weighted by Crippen LogP contribution is 2.20. The number of ether oxygens (including phenoxy) is 2. The Kier molecular flexibility index (Phi) is 10.8. The minimum atomic E-state index is -0.350. The maximum Gasteiger partial charge on any atom is 0.314 e. The average Bonchev–Trinajstić information content (AvgIpc) is 2.67. The van der Waals surface area contributed by atoms with Crippen molar-refractivity contribution in [2.75, 3.05) is 33.3 Å². The number of halogens is 1. The molecule has 8 nitrogen and oxygen atoms in total. The molecule has 1 saturated heterocycles. The van der Waals surface area contributed by atoms with Crippen LogP contribution in [0.2, 0.25) is 0 Å². The van der Waals surface area contributed by atoms with Crippen LogP contribution >= 0.6 is 24.0 Å². The van der Waals surface area contributed by atoms with E-state index in [2.05, 4.69) is 15.6 Å². The van der Waals surface area contributed by atoms with Crippen LogP contribution in [0.1, 0.15) is 26.7 Å². The molecule has 1 aliphatic heterocycles. The van der Waals surface area contributed by atoms with E-state index in [9.17, 15) is 4.79 Å². The van der Waals surface area contributed by atoms with E-state index in [0.717, 1.165) is 36.8 Å². The number of carbonyl (C=O) groups excluding carboxylic acids is 1. The molecule has 1 aliphatic rings. The van der Waals surface area contributed by atoms with Crippen LogP contribution in [0.15, 0.2) is 29.3 Å². The van der Waals surface area contributed by atoms with Crippen LogP contribution in [-0.4, -0.2) is 62.3 Å². The van der Waals surface area contributed by atoms with Gasteiger partial charge in [0.05, 0.1) is 13.7 Å². The Morgan fingerprint density at radius 3 is 2.64 bits per heavy atom. The number of nitrogens with one attached hydrogen (secondary N) is 2. The standard InChI is InChI=1S/C19H31N5O3.HI/c1-4-21-19(23-15-8-10-24(11-9-15)18(20)25)22-13-14(2)27-17-7-5-6-16(12-17)26-3;/h5-7,12,14-15H,4,8-11,13H2,1-3H3,(H2,20,25)(H2,21,22,23);1H. The minimum Gasteiger partial charge on any atom is -0.497 e.